The highest BCUT2D eigenvalue weighted by Gasteiger charge is 2.44. The molecule has 0 bridgehead atoms. The number of nitrogens with zero attached hydrogens (tertiary/aromatic N) is 7. The fourth-order valence-electron chi connectivity index (χ4n) is 5.14. The Hall–Kier alpha value is -3.07. The predicted molar refractivity (Wildman–Crippen MR) is 117 cm³/mol. The van der Waals surface area contributed by atoms with Gasteiger partial charge in [-0.05, 0) is 31.6 Å². The van der Waals surface area contributed by atoms with Gasteiger partial charge in [0.15, 0.2) is 0 Å². The molecule has 2 aromatic heterocycles. The first kappa shape index (κ1) is 20.8. The number of ether oxygens (including phenoxy) is 1. The summed E-state index contributed by atoms with van der Waals surface area (Å²) in [6.45, 7) is 4.30. The molecule has 0 N–H and O–H groups in total. The summed E-state index contributed by atoms with van der Waals surface area (Å²) in [7, 11) is 1.77. The SMILES string of the molecule is CO[C@@H]1C[C@H]2CN(C(=O)CCn3cnnc3)C[C@H]2C[C@H]1n1cc(-c2ccc(C)cc2)nn1. The minimum Gasteiger partial charge on any atom is -0.379 e. The van der Waals surface area contributed by atoms with Crippen molar-refractivity contribution in [3.8, 4) is 11.3 Å². The number of likely N-dealkylation sites (tertiary alicyclic amines) is 1. The number of rotatable bonds is 6. The third-order valence-electron chi connectivity index (χ3n) is 6.99. The number of methoxy groups -OCH3 is 1. The molecule has 9 nitrogen and oxygen atoms in total. The summed E-state index contributed by atoms with van der Waals surface area (Å²) in [5, 5.41) is 16.5. The van der Waals surface area contributed by atoms with Gasteiger partial charge in [0.1, 0.15) is 18.3 Å². The van der Waals surface area contributed by atoms with Gasteiger partial charge in [0.2, 0.25) is 5.91 Å². The van der Waals surface area contributed by atoms with Crippen LogP contribution in [0.15, 0.2) is 43.1 Å². The zero-order valence-corrected chi connectivity index (χ0v) is 18.5. The topological polar surface area (TPSA) is 91.0 Å². The number of aromatic nitrogens is 6. The van der Waals surface area contributed by atoms with Crippen LogP contribution >= 0.6 is 0 Å². The van der Waals surface area contributed by atoms with E-state index in [2.05, 4.69) is 51.7 Å². The van der Waals surface area contributed by atoms with Crippen LogP contribution in [0.5, 0.6) is 0 Å². The van der Waals surface area contributed by atoms with Crippen molar-refractivity contribution in [3.05, 3.63) is 48.7 Å². The molecule has 1 aliphatic carbocycles. The molecule has 0 spiro atoms. The van der Waals surface area contributed by atoms with E-state index in [1.54, 1.807) is 19.8 Å². The first-order valence-electron chi connectivity index (χ1n) is 11.2. The number of carbonyl (C=O) groups is 1. The summed E-state index contributed by atoms with van der Waals surface area (Å²) >= 11 is 0. The smallest absolute Gasteiger partial charge is 0.224 e. The van der Waals surface area contributed by atoms with Gasteiger partial charge in [-0.2, -0.15) is 0 Å². The predicted octanol–water partition coefficient (Wildman–Crippen LogP) is 2.36. The number of fused-ring (bicyclic) bond motifs is 1. The quantitative estimate of drug-likeness (QED) is 0.590. The molecule has 3 aromatic rings. The van der Waals surface area contributed by atoms with Gasteiger partial charge in [-0.1, -0.05) is 35.0 Å². The molecular formula is C23H29N7O2. The van der Waals surface area contributed by atoms with Crippen LogP contribution in [0.2, 0.25) is 0 Å². The van der Waals surface area contributed by atoms with Gasteiger partial charge < -0.3 is 14.2 Å². The molecule has 1 aliphatic heterocycles. The number of amides is 1. The molecule has 5 rings (SSSR count). The Bertz CT molecular complexity index is 1050. The Morgan fingerprint density at radius 1 is 1.09 bits per heavy atom. The van der Waals surface area contributed by atoms with Crippen molar-refractivity contribution in [1.82, 2.24) is 34.7 Å². The fourth-order valence-corrected chi connectivity index (χ4v) is 5.14. The average molecular weight is 436 g/mol. The van der Waals surface area contributed by atoms with Gasteiger partial charge >= 0.3 is 0 Å². The normalized spacial score (nSPS) is 25.1. The van der Waals surface area contributed by atoms with E-state index in [-0.39, 0.29) is 18.1 Å². The van der Waals surface area contributed by atoms with Crippen molar-refractivity contribution in [2.45, 2.75) is 44.9 Å². The van der Waals surface area contributed by atoms with Gasteiger partial charge in [0.05, 0.1) is 18.3 Å². The van der Waals surface area contributed by atoms with Crippen LogP contribution in [0, 0.1) is 18.8 Å². The maximum Gasteiger partial charge on any atom is 0.224 e. The van der Waals surface area contributed by atoms with Crippen LogP contribution in [-0.2, 0) is 16.1 Å². The molecule has 3 heterocycles. The van der Waals surface area contributed by atoms with E-state index < -0.39 is 0 Å². The van der Waals surface area contributed by atoms with Crippen LogP contribution in [0.1, 0.15) is 30.9 Å². The molecule has 0 radical (unpaired) electrons. The van der Waals surface area contributed by atoms with Crippen LogP contribution in [0.4, 0.5) is 0 Å². The number of hydrogen-bond donors (Lipinski definition) is 0. The highest BCUT2D eigenvalue weighted by molar-refractivity contribution is 5.76. The first-order chi connectivity index (χ1) is 15.6. The molecule has 2 fully saturated rings. The Labute approximate surface area is 187 Å². The summed E-state index contributed by atoms with van der Waals surface area (Å²) < 4.78 is 9.69. The van der Waals surface area contributed by atoms with Crippen molar-refractivity contribution in [2.24, 2.45) is 11.8 Å². The summed E-state index contributed by atoms with van der Waals surface area (Å²) in [5.41, 5.74) is 3.16. The summed E-state index contributed by atoms with van der Waals surface area (Å²) in [4.78, 5) is 14.8. The van der Waals surface area contributed by atoms with Crippen molar-refractivity contribution >= 4 is 5.91 Å². The van der Waals surface area contributed by atoms with Crippen LogP contribution in [0.25, 0.3) is 11.3 Å². The van der Waals surface area contributed by atoms with E-state index >= 15 is 0 Å². The molecule has 2 aliphatic rings. The number of carbonyl (C=O) groups excluding carboxylic acids is 1. The first-order valence-corrected chi connectivity index (χ1v) is 11.2. The molecule has 1 aromatic carbocycles. The molecule has 32 heavy (non-hydrogen) atoms. The monoisotopic (exact) mass is 435 g/mol. The van der Waals surface area contributed by atoms with E-state index in [9.17, 15) is 4.79 Å². The lowest BCUT2D eigenvalue weighted by Gasteiger charge is -2.36. The molecular weight excluding hydrogens is 406 g/mol. The molecule has 1 saturated carbocycles. The van der Waals surface area contributed by atoms with Gasteiger partial charge in [0, 0.05) is 38.7 Å². The van der Waals surface area contributed by atoms with Crippen LogP contribution in [-0.4, -0.2) is 66.9 Å². The summed E-state index contributed by atoms with van der Waals surface area (Å²) in [6, 6.07) is 8.46. The third-order valence-corrected chi connectivity index (χ3v) is 6.99. The zero-order chi connectivity index (χ0) is 22.1. The maximum atomic E-state index is 12.8. The summed E-state index contributed by atoms with van der Waals surface area (Å²) in [6.07, 6.45) is 7.73. The Morgan fingerprint density at radius 2 is 1.81 bits per heavy atom. The van der Waals surface area contributed by atoms with Crippen LogP contribution in [0.3, 0.4) is 0 Å². The second kappa shape index (κ2) is 8.82. The lowest BCUT2D eigenvalue weighted by Crippen LogP contribution is -2.37. The van der Waals surface area contributed by atoms with Crippen molar-refractivity contribution in [2.75, 3.05) is 20.2 Å². The van der Waals surface area contributed by atoms with Gasteiger partial charge in [-0.25, -0.2) is 4.68 Å². The van der Waals surface area contributed by atoms with E-state index in [0.717, 1.165) is 37.2 Å². The van der Waals surface area contributed by atoms with Gasteiger partial charge in [-0.15, -0.1) is 15.3 Å². The maximum absolute atomic E-state index is 12.8. The number of benzene rings is 1. The zero-order valence-electron chi connectivity index (χ0n) is 18.5. The molecule has 168 valence electrons. The van der Waals surface area contributed by atoms with E-state index in [1.807, 2.05) is 20.3 Å². The third kappa shape index (κ3) is 4.17. The van der Waals surface area contributed by atoms with E-state index in [1.165, 1.54) is 5.56 Å². The molecule has 1 amide bonds. The van der Waals surface area contributed by atoms with E-state index in [4.69, 9.17) is 4.74 Å². The second-order valence-corrected chi connectivity index (χ2v) is 9.03. The average Bonchev–Trinajstić information content (AvgIpc) is 3.57. The highest BCUT2D eigenvalue weighted by atomic mass is 16.5. The van der Waals surface area contributed by atoms with Crippen molar-refractivity contribution in [3.63, 3.8) is 0 Å². The molecule has 9 heteroatoms. The molecule has 0 unspecified atom stereocenters. The fraction of sp³-hybridized carbons (Fsp3) is 0.522. The minimum absolute atomic E-state index is 0.0656. The lowest BCUT2D eigenvalue weighted by molar-refractivity contribution is -0.130. The summed E-state index contributed by atoms with van der Waals surface area (Å²) in [5.74, 6) is 1.12. The number of aryl methyl sites for hydroxylation is 2. The lowest BCUT2D eigenvalue weighted by atomic mass is 9.77. The Balaban J connectivity index is 1.25. The number of hydrogen-bond acceptors (Lipinski definition) is 6. The second-order valence-electron chi connectivity index (χ2n) is 9.03. The standard InChI is InChI=1S/C23H29N7O2/c1-16-3-5-17(6-4-16)20-13-30(27-26-20)21-9-18-11-29(12-19(18)10-22(21)32-2)23(31)7-8-28-14-24-25-15-28/h3-6,13-15,18-19,21-22H,7-12H2,1-2H3/t18-,19+,21-,22-/m1/s1. The Kier molecular flexibility index (Phi) is 5.73. The molecule has 1 saturated heterocycles. The Morgan fingerprint density at radius 3 is 2.53 bits per heavy atom. The van der Waals surface area contributed by atoms with Crippen molar-refractivity contribution in [1.29, 1.82) is 0 Å². The minimum atomic E-state index is 0.0656. The van der Waals surface area contributed by atoms with Crippen molar-refractivity contribution < 1.29 is 9.53 Å². The molecule has 4 atom stereocenters. The van der Waals surface area contributed by atoms with E-state index in [0.29, 0.717) is 24.8 Å². The largest absolute Gasteiger partial charge is 0.379 e. The van der Waals surface area contributed by atoms with Gasteiger partial charge in [-0.3, -0.25) is 4.79 Å². The highest BCUT2D eigenvalue weighted by Crippen LogP contribution is 2.42. The van der Waals surface area contributed by atoms with Gasteiger partial charge in [0.25, 0.3) is 0 Å². The van der Waals surface area contributed by atoms with Crippen LogP contribution < -0.4 is 0 Å².